The van der Waals surface area contributed by atoms with Gasteiger partial charge in [-0.15, -0.1) is 0 Å². The summed E-state index contributed by atoms with van der Waals surface area (Å²) in [6.07, 6.45) is 1.26. The van der Waals surface area contributed by atoms with Gasteiger partial charge in [0.1, 0.15) is 11.4 Å². The molecule has 2 heterocycles. The summed E-state index contributed by atoms with van der Waals surface area (Å²) in [7, 11) is 0. The van der Waals surface area contributed by atoms with E-state index in [4.69, 9.17) is 10.5 Å². The topological polar surface area (TPSA) is 97.8 Å². The van der Waals surface area contributed by atoms with Crippen LogP contribution in [0.4, 0.5) is 15.8 Å². The predicted molar refractivity (Wildman–Crippen MR) is 104 cm³/mol. The number of carboxylic acid groups (broad SMARTS) is 1. The van der Waals surface area contributed by atoms with Crippen LogP contribution in [0.25, 0.3) is 16.6 Å². The Bertz CT molecular complexity index is 1120. The van der Waals surface area contributed by atoms with Gasteiger partial charge in [-0.3, -0.25) is 4.79 Å². The SMILES string of the molecule is Nc1ccc(-n2cc(C(=O)O)c(=O)c3cc(F)c(N4CCOCC4)cc32)cc1. The Morgan fingerprint density at radius 3 is 2.46 bits per heavy atom. The van der Waals surface area contributed by atoms with E-state index < -0.39 is 22.8 Å². The summed E-state index contributed by atoms with van der Waals surface area (Å²) in [5, 5.41) is 9.42. The van der Waals surface area contributed by atoms with Crippen LogP contribution in [0.15, 0.2) is 47.4 Å². The molecule has 1 fully saturated rings. The molecule has 144 valence electrons. The second-order valence-electron chi connectivity index (χ2n) is 6.56. The molecule has 0 unspecified atom stereocenters. The summed E-state index contributed by atoms with van der Waals surface area (Å²) in [6.45, 7) is 2.03. The Kier molecular flexibility index (Phi) is 4.48. The third-order valence-corrected chi connectivity index (χ3v) is 4.83. The highest BCUT2D eigenvalue weighted by atomic mass is 19.1. The Morgan fingerprint density at radius 2 is 1.82 bits per heavy atom. The summed E-state index contributed by atoms with van der Waals surface area (Å²) in [4.78, 5) is 26.0. The number of rotatable bonds is 3. The quantitative estimate of drug-likeness (QED) is 0.674. The minimum atomic E-state index is -1.37. The number of morpholine rings is 1. The molecular formula is C20H18FN3O4. The zero-order valence-electron chi connectivity index (χ0n) is 14.9. The van der Waals surface area contributed by atoms with Crippen LogP contribution < -0.4 is 16.1 Å². The normalized spacial score (nSPS) is 14.4. The first kappa shape index (κ1) is 18.0. The molecule has 0 amide bonds. The van der Waals surface area contributed by atoms with Crippen LogP contribution in [0.3, 0.4) is 0 Å². The number of carboxylic acids is 1. The van der Waals surface area contributed by atoms with E-state index in [-0.39, 0.29) is 5.39 Å². The van der Waals surface area contributed by atoms with Crippen LogP contribution in [-0.2, 0) is 4.74 Å². The molecule has 7 nitrogen and oxygen atoms in total. The lowest BCUT2D eigenvalue weighted by Crippen LogP contribution is -2.36. The predicted octanol–water partition coefficient (Wildman–Crippen LogP) is 2.25. The second-order valence-corrected chi connectivity index (χ2v) is 6.56. The van der Waals surface area contributed by atoms with Crippen LogP contribution >= 0.6 is 0 Å². The van der Waals surface area contributed by atoms with Gasteiger partial charge >= 0.3 is 5.97 Å². The molecule has 3 N–H and O–H groups in total. The van der Waals surface area contributed by atoms with Crippen molar-refractivity contribution in [3.63, 3.8) is 0 Å². The molecule has 2 aromatic carbocycles. The molecule has 28 heavy (non-hydrogen) atoms. The van der Waals surface area contributed by atoms with E-state index in [1.165, 1.54) is 6.20 Å². The summed E-state index contributed by atoms with van der Waals surface area (Å²) in [6, 6.07) is 9.46. The molecule has 0 saturated carbocycles. The van der Waals surface area contributed by atoms with Crippen molar-refractivity contribution in [3.05, 3.63) is 64.2 Å². The highest BCUT2D eigenvalue weighted by Crippen LogP contribution is 2.27. The molecule has 1 aromatic heterocycles. The maximum atomic E-state index is 14.8. The molecule has 4 rings (SSSR count). The van der Waals surface area contributed by atoms with E-state index in [9.17, 15) is 19.1 Å². The number of pyridine rings is 1. The first-order valence-corrected chi connectivity index (χ1v) is 8.76. The zero-order chi connectivity index (χ0) is 19.8. The van der Waals surface area contributed by atoms with E-state index >= 15 is 0 Å². The van der Waals surface area contributed by atoms with Gasteiger partial charge in [-0.25, -0.2) is 9.18 Å². The van der Waals surface area contributed by atoms with Gasteiger partial charge in [0.05, 0.1) is 24.4 Å². The molecule has 0 bridgehead atoms. The largest absolute Gasteiger partial charge is 0.477 e. The lowest BCUT2D eigenvalue weighted by atomic mass is 10.1. The fourth-order valence-electron chi connectivity index (χ4n) is 3.38. The van der Waals surface area contributed by atoms with Crippen molar-refractivity contribution >= 4 is 28.2 Å². The van der Waals surface area contributed by atoms with Gasteiger partial charge in [-0.05, 0) is 36.4 Å². The Balaban J connectivity index is 2.01. The van der Waals surface area contributed by atoms with Crippen LogP contribution in [0.2, 0.25) is 0 Å². The number of aromatic carboxylic acids is 1. The summed E-state index contributed by atoms with van der Waals surface area (Å²) >= 11 is 0. The van der Waals surface area contributed by atoms with Gasteiger partial charge < -0.3 is 25.0 Å². The molecule has 1 saturated heterocycles. The van der Waals surface area contributed by atoms with Gasteiger partial charge in [0, 0.05) is 36.0 Å². The molecule has 1 aliphatic rings. The molecular weight excluding hydrogens is 365 g/mol. The fourth-order valence-corrected chi connectivity index (χ4v) is 3.38. The smallest absolute Gasteiger partial charge is 0.341 e. The van der Waals surface area contributed by atoms with Gasteiger partial charge in [-0.1, -0.05) is 0 Å². The number of fused-ring (bicyclic) bond motifs is 1. The summed E-state index contributed by atoms with van der Waals surface area (Å²) in [5.41, 5.74) is 6.52. The number of benzene rings is 2. The zero-order valence-corrected chi connectivity index (χ0v) is 14.9. The molecule has 0 atom stereocenters. The van der Waals surface area contributed by atoms with E-state index in [0.717, 1.165) is 6.07 Å². The van der Waals surface area contributed by atoms with Gasteiger partial charge in [0.25, 0.3) is 0 Å². The third kappa shape index (κ3) is 3.07. The molecule has 8 heteroatoms. The van der Waals surface area contributed by atoms with Gasteiger partial charge in [0.15, 0.2) is 0 Å². The minimum Gasteiger partial charge on any atom is -0.477 e. The van der Waals surface area contributed by atoms with Crippen molar-refractivity contribution in [2.75, 3.05) is 36.9 Å². The van der Waals surface area contributed by atoms with E-state index in [1.54, 1.807) is 34.9 Å². The second kappa shape index (κ2) is 6.97. The lowest BCUT2D eigenvalue weighted by Gasteiger charge is -2.29. The molecule has 3 aromatic rings. The number of nitrogen functional groups attached to an aromatic ring is 1. The van der Waals surface area contributed by atoms with Crippen molar-refractivity contribution < 1.29 is 19.0 Å². The molecule has 1 aliphatic heterocycles. The summed E-state index contributed by atoms with van der Waals surface area (Å²) < 4.78 is 21.7. The minimum absolute atomic E-state index is 0.00577. The number of aromatic nitrogens is 1. The van der Waals surface area contributed by atoms with Crippen molar-refractivity contribution in [1.29, 1.82) is 0 Å². The fraction of sp³-hybridized carbons (Fsp3) is 0.200. The highest BCUT2D eigenvalue weighted by molar-refractivity contribution is 5.94. The number of ether oxygens (including phenoxy) is 1. The van der Waals surface area contributed by atoms with Crippen molar-refractivity contribution in [2.45, 2.75) is 0 Å². The molecule has 0 spiro atoms. The van der Waals surface area contributed by atoms with E-state index in [1.807, 2.05) is 4.90 Å². The first-order valence-electron chi connectivity index (χ1n) is 8.76. The number of anilines is 2. The number of hydrogen-bond acceptors (Lipinski definition) is 5. The molecule has 0 radical (unpaired) electrons. The number of carbonyl (C=O) groups is 1. The first-order chi connectivity index (χ1) is 13.5. The average molecular weight is 383 g/mol. The highest BCUT2D eigenvalue weighted by Gasteiger charge is 2.21. The third-order valence-electron chi connectivity index (χ3n) is 4.83. The molecule has 0 aliphatic carbocycles. The Hall–Kier alpha value is -3.39. The van der Waals surface area contributed by atoms with E-state index in [0.29, 0.717) is 48.9 Å². The standard InChI is InChI=1S/C20H18FN3O4/c21-16-9-14-17(10-18(16)23-5-7-28-8-6-23)24(11-15(19(14)25)20(26)27)13-3-1-12(22)2-4-13/h1-4,9-11H,5-8,22H2,(H,26,27). The van der Waals surface area contributed by atoms with Gasteiger partial charge in [0.2, 0.25) is 5.43 Å². The monoisotopic (exact) mass is 383 g/mol. The number of nitrogens with two attached hydrogens (primary N) is 1. The summed E-state index contributed by atoms with van der Waals surface area (Å²) in [5.74, 6) is -1.94. The van der Waals surface area contributed by atoms with Crippen molar-refractivity contribution in [2.24, 2.45) is 0 Å². The average Bonchev–Trinajstić information content (AvgIpc) is 2.69. The Morgan fingerprint density at radius 1 is 1.14 bits per heavy atom. The Labute approximate surface area is 159 Å². The maximum absolute atomic E-state index is 14.8. The number of nitrogens with zero attached hydrogens (tertiary/aromatic N) is 2. The van der Waals surface area contributed by atoms with Crippen LogP contribution in [0.5, 0.6) is 0 Å². The maximum Gasteiger partial charge on any atom is 0.341 e. The van der Waals surface area contributed by atoms with Gasteiger partial charge in [-0.2, -0.15) is 0 Å². The van der Waals surface area contributed by atoms with Crippen LogP contribution in [0.1, 0.15) is 10.4 Å². The van der Waals surface area contributed by atoms with Crippen molar-refractivity contribution in [3.8, 4) is 5.69 Å². The van der Waals surface area contributed by atoms with Crippen LogP contribution in [-0.4, -0.2) is 41.9 Å². The van der Waals surface area contributed by atoms with Crippen LogP contribution in [0, 0.1) is 5.82 Å². The van der Waals surface area contributed by atoms with E-state index in [2.05, 4.69) is 0 Å². The number of hydrogen-bond donors (Lipinski definition) is 2. The van der Waals surface area contributed by atoms with Crippen molar-refractivity contribution in [1.82, 2.24) is 4.57 Å². The lowest BCUT2D eigenvalue weighted by molar-refractivity contribution is 0.0695. The number of halogens is 1.